The molecule has 1 aliphatic carbocycles. The first-order valence-electron chi connectivity index (χ1n) is 4.16. The van der Waals surface area contributed by atoms with Crippen LogP contribution in [0, 0.1) is 5.92 Å². The molecule has 0 aromatic rings. The Morgan fingerprint density at radius 1 is 1.43 bits per heavy atom. The molecule has 0 saturated carbocycles. The molecule has 2 atom stereocenters. The van der Waals surface area contributed by atoms with Gasteiger partial charge in [-0.2, -0.15) is 13.2 Å². The molecule has 0 aromatic heterocycles. The van der Waals surface area contributed by atoms with E-state index in [1.165, 1.54) is 6.08 Å². The first-order chi connectivity index (χ1) is 6.36. The summed E-state index contributed by atoms with van der Waals surface area (Å²) < 4.78 is 37.7. The van der Waals surface area contributed by atoms with E-state index in [0.717, 1.165) is 12.5 Å². The summed E-state index contributed by atoms with van der Waals surface area (Å²) in [6.07, 6.45) is -1.08. The smallest absolute Gasteiger partial charge is 0.166 e. The Balaban J connectivity index is 2.96. The summed E-state index contributed by atoms with van der Waals surface area (Å²) in [6, 6.07) is 0. The van der Waals surface area contributed by atoms with E-state index in [1.807, 2.05) is 6.92 Å². The molecule has 1 rings (SSSR count). The molecule has 80 valence electrons. The molecule has 0 nitrogen and oxygen atoms in total. The number of hydrogen-bond acceptors (Lipinski definition) is 0. The predicted octanol–water partition coefficient (Wildman–Crippen LogP) is 4.56. The van der Waals surface area contributed by atoms with E-state index in [1.54, 1.807) is 0 Å². The van der Waals surface area contributed by atoms with Gasteiger partial charge < -0.3 is 0 Å². The van der Waals surface area contributed by atoms with Gasteiger partial charge in [-0.3, -0.25) is 0 Å². The molecule has 0 aliphatic heterocycles. The summed E-state index contributed by atoms with van der Waals surface area (Å²) in [6.45, 7) is 1.94. The van der Waals surface area contributed by atoms with Crippen LogP contribution >= 0.6 is 31.9 Å². The number of allylic oxidation sites excluding steroid dienone is 4. The molecule has 1 aliphatic rings. The normalized spacial score (nSPS) is 28.4. The van der Waals surface area contributed by atoms with Crippen molar-refractivity contribution in [3.05, 3.63) is 22.2 Å². The molecule has 0 spiro atoms. The highest BCUT2D eigenvalue weighted by molar-refractivity contribution is 9.12. The summed E-state index contributed by atoms with van der Waals surface area (Å²) in [5.41, 5.74) is -0.587. The van der Waals surface area contributed by atoms with Crippen molar-refractivity contribution < 1.29 is 13.2 Å². The second-order valence-corrected chi connectivity index (χ2v) is 5.08. The maximum Gasteiger partial charge on any atom is 0.416 e. The Morgan fingerprint density at radius 3 is 2.36 bits per heavy atom. The van der Waals surface area contributed by atoms with Gasteiger partial charge in [-0.15, -0.1) is 0 Å². The molecule has 0 fully saturated rings. The van der Waals surface area contributed by atoms with Crippen LogP contribution in [0.2, 0.25) is 0 Å². The molecular weight excluding hydrogens is 325 g/mol. The van der Waals surface area contributed by atoms with Crippen molar-refractivity contribution in [1.29, 1.82) is 0 Å². The topological polar surface area (TPSA) is 0 Å². The van der Waals surface area contributed by atoms with Gasteiger partial charge in [0.1, 0.15) is 0 Å². The van der Waals surface area contributed by atoms with E-state index in [2.05, 4.69) is 31.9 Å². The third-order valence-corrected chi connectivity index (χ3v) is 3.86. The maximum atomic E-state index is 12.4. The lowest BCUT2D eigenvalue weighted by Crippen LogP contribution is -2.21. The van der Waals surface area contributed by atoms with Gasteiger partial charge in [-0.25, -0.2) is 0 Å². The quantitative estimate of drug-likeness (QED) is 0.617. The van der Waals surface area contributed by atoms with Gasteiger partial charge in [0.2, 0.25) is 0 Å². The zero-order valence-electron chi connectivity index (χ0n) is 7.41. The molecule has 5 heteroatoms. The highest BCUT2D eigenvalue weighted by Gasteiger charge is 2.36. The summed E-state index contributed by atoms with van der Waals surface area (Å²) in [5, 5.41) is 0. The van der Waals surface area contributed by atoms with E-state index >= 15 is 0 Å². The van der Waals surface area contributed by atoms with E-state index < -0.39 is 11.7 Å². The Morgan fingerprint density at radius 2 is 2.00 bits per heavy atom. The minimum Gasteiger partial charge on any atom is -0.166 e. The number of rotatable bonds is 1. The average molecular weight is 334 g/mol. The molecule has 0 radical (unpaired) electrons. The number of hydrogen-bond donors (Lipinski definition) is 0. The lowest BCUT2D eigenvalue weighted by atomic mass is 9.94. The first kappa shape index (κ1) is 12.3. The zero-order chi connectivity index (χ0) is 10.9. The van der Waals surface area contributed by atoms with Crippen LogP contribution in [-0.2, 0) is 0 Å². The Kier molecular flexibility index (Phi) is 3.86. The van der Waals surface area contributed by atoms with Crippen LogP contribution in [0.1, 0.15) is 13.3 Å². The maximum absolute atomic E-state index is 12.4. The zero-order valence-corrected chi connectivity index (χ0v) is 10.6. The van der Waals surface area contributed by atoms with Crippen molar-refractivity contribution in [2.75, 3.05) is 0 Å². The van der Waals surface area contributed by atoms with Gasteiger partial charge in [0.15, 0.2) is 0 Å². The van der Waals surface area contributed by atoms with Crippen LogP contribution in [-0.4, -0.2) is 11.0 Å². The van der Waals surface area contributed by atoms with E-state index in [0.29, 0.717) is 4.48 Å². The summed E-state index contributed by atoms with van der Waals surface area (Å²) in [5.74, 6) is 0.0982. The van der Waals surface area contributed by atoms with Gasteiger partial charge in [0.25, 0.3) is 0 Å². The van der Waals surface area contributed by atoms with Gasteiger partial charge in [-0.05, 0) is 12.5 Å². The van der Waals surface area contributed by atoms with Crippen molar-refractivity contribution in [1.82, 2.24) is 0 Å². The fourth-order valence-corrected chi connectivity index (χ4v) is 3.49. The lowest BCUT2D eigenvalue weighted by Gasteiger charge is -2.24. The first-order valence-corrected chi connectivity index (χ1v) is 5.87. The molecule has 0 bridgehead atoms. The van der Waals surface area contributed by atoms with E-state index in [9.17, 15) is 13.2 Å². The minimum atomic E-state index is -4.26. The SMILES string of the molecule is CCC1C(Br)=CC(C(F)(F)F)=CC1Br. The summed E-state index contributed by atoms with van der Waals surface area (Å²) >= 11 is 6.42. The third kappa shape index (κ3) is 2.63. The highest BCUT2D eigenvalue weighted by atomic mass is 79.9. The number of alkyl halides is 4. The Labute approximate surface area is 97.5 Å². The monoisotopic (exact) mass is 332 g/mol. The van der Waals surface area contributed by atoms with Crippen LogP contribution in [0.5, 0.6) is 0 Å². The van der Waals surface area contributed by atoms with Crippen LogP contribution in [0.15, 0.2) is 22.2 Å². The minimum absolute atomic E-state index is 0.0982. The van der Waals surface area contributed by atoms with E-state index in [4.69, 9.17) is 0 Å². The van der Waals surface area contributed by atoms with Gasteiger partial charge in [0, 0.05) is 15.2 Å². The summed E-state index contributed by atoms with van der Waals surface area (Å²) in [7, 11) is 0. The Hall–Kier alpha value is 0.230. The fourth-order valence-electron chi connectivity index (χ4n) is 1.34. The lowest BCUT2D eigenvalue weighted by molar-refractivity contribution is -0.0887. The second-order valence-electron chi connectivity index (χ2n) is 3.11. The van der Waals surface area contributed by atoms with Crippen molar-refractivity contribution in [3.63, 3.8) is 0 Å². The van der Waals surface area contributed by atoms with Crippen LogP contribution < -0.4 is 0 Å². The molecule has 0 heterocycles. The Bertz CT molecular complexity index is 278. The molecule has 0 N–H and O–H groups in total. The molecule has 0 saturated heterocycles. The molecule has 14 heavy (non-hydrogen) atoms. The standard InChI is InChI=1S/C9H9Br2F3/c1-2-6-7(10)3-5(4-8(6)11)9(12,13)14/h3-4,6-7H,2H2,1H3. The molecule has 0 amide bonds. The molecular formula is C9H9Br2F3. The molecule has 2 unspecified atom stereocenters. The predicted molar refractivity (Wildman–Crippen MR) is 57.6 cm³/mol. The van der Waals surface area contributed by atoms with Crippen molar-refractivity contribution in [2.24, 2.45) is 5.92 Å². The van der Waals surface area contributed by atoms with Crippen molar-refractivity contribution in [2.45, 2.75) is 24.3 Å². The highest BCUT2D eigenvalue weighted by Crippen LogP contribution is 2.39. The third-order valence-electron chi connectivity index (χ3n) is 2.14. The van der Waals surface area contributed by atoms with Gasteiger partial charge in [0.05, 0.1) is 5.57 Å². The average Bonchev–Trinajstić information content (AvgIpc) is 2.01. The van der Waals surface area contributed by atoms with Crippen molar-refractivity contribution in [3.8, 4) is 0 Å². The van der Waals surface area contributed by atoms with Crippen LogP contribution in [0.4, 0.5) is 13.2 Å². The van der Waals surface area contributed by atoms with Crippen molar-refractivity contribution >= 4 is 31.9 Å². The van der Waals surface area contributed by atoms with E-state index in [-0.39, 0.29) is 10.7 Å². The molecule has 0 aromatic carbocycles. The summed E-state index contributed by atoms with van der Waals surface area (Å²) in [4.78, 5) is -0.247. The van der Waals surface area contributed by atoms with Crippen LogP contribution in [0.3, 0.4) is 0 Å². The van der Waals surface area contributed by atoms with Gasteiger partial charge in [-0.1, -0.05) is 44.9 Å². The largest absolute Gasteiger partial charge is 0.416 e. The second kappa shape index (κ2) is 4.39. The number of halogens is 5. The fraction of sp³-hybridized carbons (Fsp3) is 0.556. The van der Waals surface area contributed by atoms with Gasteiger partial charge >= 0.3 is 6.18 Å². The van der Waals surface area contributed by atoms with Crippen LogP contribution in [0.25, 0.3) is 0 Å².